The minimum atomic E-state index is -0.254. The predicted octanol–water partition coefficient (Wildman–Crippen LogP) is 4.21. The number of amidine groups is 1. The van der Waals surface area contributed by atoms with Crippen LogP contribution in [0, 0.1) is 0 Å². The van der Waals surface area contributed by atoms with Crippen LogP contribution in [0.5, 0.6) is 11.5 Å². The van der Waals surface area contributed by atoms with Crippen molar-refractivity contribution >= 4 is 29.0 Å². The Morgan fingerprint density at radius 1 is 0.955 bits per heavy atom. The van der Waals surface area contributed by atoms with Gasteiger partial charge in [-0.05, 0) is 42.3 Å². The monoisotopic (exact) mass is 336 g/mol. The van der Waals surface area contributed by atoms with Crippen LogP contribution in [0.1, 0.15) is 30.1 Å². The molecule has 0 aromatic heterocycles. The second-order valence-corrected chi connectivity index (χ2v) is 6.01. The van der Waals surface area contributed by atoms with Crippen molar-refractivity contribution in [3.63, 3.8) is 0 Å². The maximum Gasteiger partial charge on any atom is 0.117 e. The van der Waals surface area contributed by atoms with E-state index in [0.29, 0.717) is 10.0 Å². The molecule has 3 N–H and O–H groups in total. The average Bonchev–Trinajstić information content (AvgIpc) is 2.80. The number of aromatic hydroxyl groups is 2. The number of hydrogen-bond donors (Lipinski definition) is 3. The zero-order valence-electron chi connectivity index (χ0n) is 11.7. The lowest BCUT2D eigenvalue weighted by atomic mass is 9.94. The number of rotatable bonds is 2. The predicted molar refractivity (Wildman–Crippen MR) is 88.0 cm³/mol. The fraction of sp³-hybridized carbons (Fsp3) is 0.188. The van der Waals surface area contributed by atoms with E-state index in [9.17, 15) is 10.2 Å². The second kappa shape index (κ2) is 5.71. The van der Waals surface area contributed by atoms with Gasteiger partial charge >= 0.3 is 0 Å². The second-order valence-electron chi connectivity index (χ2n) is 5.19. The quantitative estimate of drug-likeness (QED) is 0.769. The molecule has 2 atom stereocenters. The van der Waals surface area contributed by atoms with Gasteiger partial charge in [-0.25, -0.2) is 0 Å². The molecule has 0 amide bonds. The molecule has 3 rings (SSSR count). The van der Waals surface area contributed by atoms with E-state index < -0.39 is 0 Å². The summed E-state index contributed by atoms with van der Waals surface area (Å²) in [5.74, 6) is 1.01. The zero-order chi connectivity index (χ0) is 15.9. The van der Waals surface area contributed by atoms with E-state index in [1.165, 1.54) is 12.1 Å². The van der Waals surface area contributed by atoms with Gasteiger partial charge in [0.15, 0.2) is 0 Å². The number of aliphatic imine (C=N–C) groups is 1. The molecule has 0 spiro atoms. The van der Waals surface area contributed by atoms with Crippen LogP contribution < -0.4 is 5.32 Å². The van der Waals surface area contributed by atoms with Gasteiger partial charge in [-0.15, -0.1) is 0 Å². The zero-order valence-corrected chi connectivity index (χ0v) is 13.2. The number of halogens is 2. The summed E-state index contributed by atoms with van der Waals surface area (Å²) in [6.07, 6.45) is 0. The Balaban J connectivity index is 2.04. The molecule has 0 saturated carbocycles. The minimum Gasteiger partial charge on any atom is -0.508 e. The van der Waals surface area contributed by atoms with E-state index in [1.807, 2.05) is 6.92 Å². The van der Waals surface area contributed by atoms with Gasteiger partial charge in [0.05, 0.1) is 11.9 Å². The third kappa shape index (κ3) is 2.72. The largest absolute Gasteiger partial charge is 0.508 e. The summed E-state index contributed by atoms with van der Waals surface area (Å²) in [4.78, 5) is 4.59. The highest BCUT2D eigenvalue weighted by Crippen LogP contribution is 2.42. The normalized spacial score (nSPS) is 20.6. The van der Waals surface area contributed by atoms with Crippen molar-refractivity contribution in [1.29, 1.82) is 0 Å². The van der Waals surface area contributed by atoms with Crippen molar-refractivity contribution in [3.05, 3.63) is 57.6 Å². The van der Waals surface area contributed by atoms with Crippen molar-refractivity contribution < 1.29 is 10.2 Å². The minimum absolute atomic E-state index is 0.111. The first kappa shape index (κ1) is 15.0. The summed E-state index contributed by atoms with van der Waals surface area (Å²) < 4.78 is 0. The Morgan fingerprint density at radius 3 is 2.05 bits per heavy atom. The molecule has 0 radical (unpaired) electrons. The van der Waals surface area contributed by atoms with Gasteiger partial charge in [-0.2, -0.15) is 0 Å². The van der Waals surface area contributed by atoms with E-state index in [-0.39, 0.29) is 23.6 Å². The van der Waals surface area contributed by atoms with Gasteiger partial charge in [0.2, 0.25) is 0 Å². The molecule has 0 bridgehead atoms. The van der Waals surface area contributed by atoms with Crippen LogP contribution in [0.3, 0.4) is 0 Å². The SMILES string of the molecule is CC1=N[C@H](c2ccc(O)cc2Cl)[C@H](c2ccc(O)cc2Cl)N1. The van der Waals surface area contributed by atoms with Crippen molar-refractivity contribution in [2.45, 2.75) is 19.0 Å². The third-order valence-corrected chi connectivity index (χ3v) is 4.29. The van der Waals surface area contributed by atoms with E-state index >= 15 is 0 Å². The first-order valence-corrected chi connectivity index (χ1v) is 7.49. The molecule has 2 aromatic carbocycles. The van der Waals surface area contributed by atoms with Gasteiger partial charge in [0, 0.05) is 10.0 Å². The third-order valence-electron chi connectivity index (χ3n) is 3.63. The molecule has 4 nitrogen and oxygen atoms in total. The Labute approximate surface area is 138 Å². The highest BCUT2D eigenvalue weighted by molar-refractivity contribution is 6.32. The molecule has 1 aliphatic heterocycles. The fourth-order valence-electron chi connectivity index (χ4n) is 2.65. The van der Waals surface area contributed by atoms with Crippen molar-refractivity contribution in [2.24, 2.45) is 4.99 Å². The average molecular weight is 337 g/mol. The Hall–Kier alpha value is -1.91. The maximum atomic E-state index is 9.51. The molecule has 2 aromatic rings. The van der Waals surface area contributed by atoms with Crippen LogP contribution in [0.15, 0.2) is 41.4 Å². The maximum absolute atomic E-state index is 9.51. The lowest BCUT2D eigenvalue weighted by Crippen LogP contribution is -2.22. The van der Waals surface area contributed by atoms with E-state index in [2.05, 4.69) is 10.3 Å². The molecule has 0 saturated heterocycles. The number of phenols is 2. The first-order valence-electron chi connectivity index (χ1n) is 6.73. The van der Waals surface area contributed by atoms with E-state index in [1.54, 1.807) is 24.3 Å². The van der Waals surface area contributed by atoms with E-state index in [4.69, 9.17) is 23.2 Å². The van der Waals surface area contributed by atoms with Gasteiger partial charge in [-0.1, -0.05) is 35.3 Å². The summed E-state index contributed by atoms with van der Waals surface area (Å²) in [5, 5.41) is 23.2. The van der Waals surface area contributed by atoms with Gasteiger partial charge in [-0.3, -0.25) is 4.99 Å². The van der Waals surface area contributed by atoms with Crippen LogP contribution in [-0.2, 0) is 0 Å². The summed E-state index contributed by atoms with van der Waals surface area (Å²) in [6.45, 7) is 1.87. The van der Waals surface area contributed by atoms with Crippen molar-refractivity contribution in [1.82, 2.24) is 5.32 Å². The summed E-state index contributed by atoms with van der Waals surface area (Å²) in [6, 6.07) is 9.26. The summed E-state index contributed by atoms with van der Waals surface area (Å²) in [5.41, 5.74) is 1.63. The highest BCUT2D eigenvalue weighted by Gasteiger charge is 2.32. The summed E-state index contributed by atoms with van der Waals surface area (Å²) in [7, 11) is 0. The Bertz CT molecular complexity index is 762. The topological polar surface area (TPSA) is 64.9 Å². The van der Waals surface area contributed by atoms with Gasteiger partial charge in [0.1, 0.15) is 17.5 Å². The lowest BCUT2D eigenvalue weighted by Gasteiger charge is -2.21. The standard InChI is InChI=1S/C16H14Cl2N2O2/c1-8-19-15(11-4-2-9(21)6-13(11)17)16(20-8)12-5-3-10(22)7-14(12)18/h2-7,15-16,21-22H,1H3,(H,19,20)/t15-,16+. The van der Waals surface area contributed by atoms with Crippen LogP contribution in [0.25, 0.3) is 0 Å². The van der Waals surface area contributed by atoms with Crippen molar-refractivity contribution in [2.75, 3.05) is 0 Å². The molecule has 0 aliphatic carbocycles. The van der Waals surface area contributed by atoms with Gasteiger partial charge < -0.3 is 15.5 Å². The molecule has 6 heteroatoms. The van der Waals surface area contributed by atoms with Gasteiger partial charge in [0.25, 0.3) is 0 Å². The first-order chi connectivity index (χ1) is 10.5. The fourth-order valence-corrected chi connectivity index (χ4v) is 3.22. The van der Waals surface area contributed by atoms with Crippen LogP contribution in [0.2, 0.25) is 10.0 Å². The molecule has 1 aliphatic rings. The molecular formula is C16H14Cl2N2O2. The molecule has 22 heavy (non-hydrogen) atoms. The number of phenolic OH excluding ortho intramolecular Hbond substituents is 2. The number of nitrogens with zero attached hydrogens (tertiary/aromatic N) is 1. The lowest BCUT2D eigenvalue weighted by molar-refractivity contribution is 0.473. The number of hydrogen-bond acceptors (Lipinski definition) is 4. The molecular weight excluding hydrogens is 323 g/mol. The van der Waals surface area contributed by atoms with Crippen LogP contribution in [0.4, 0.5) is 0 Å². The molecule has 0 fully saturated rings. The van der Waals surface area contributed by atoms with E-state index in [0.717, 1.165) is 17.0 Å². The summed E-state index contributed by atoms with van der Waals surface area (Å²) >= 11 is 12.5. The number of benzene rings is 2. The number of nitrogens with one attached hydrogen (secondary N) is 1. The molecule has 0 unspecified atom stereocenters. The van der Waals surface area contributed by atoms with Crippen molar-refractivity contribution in [3.8, 4) is 11.5 Å². The Morgan fingerprint density at radius 2 is 1.50 bits per heavy atom. The molecule has 1 heterocycles. The Kier molecular flexibility index (Phi) is 3.89. The smallest absolute Gasteiger partial charge is 0.117 e. The van der Waals surface area contributed by atoms with Crippen LogP contribution >= 0.6 is 23.2 Å². The van der Waals surface area contributed by atoms with Crippen LogP contribution in [-0.4, -0.2) is 16.0 Å². The molecule has 114 valence electrons. The highest BCUT2D eigenvalue weighted by atomic mass is 35.5.